The molecule has 2 aliphatic heterocycles. The van der Waals surface area contributed by atoms with Gasteiger partial charge in [-0.3, -0.25) is 4.79 Å². The number of aromatic nitrogens is 1. The van der Waals surface area contributed by atoms with E-state index in [4.69, 9.17) is 0 Å². The fourth-order valence-corrected chi connectivity index (χ4v) is 4.23. The first-order valence-electron chi connectivity index (χ1n) is 9.09. The lowest BCUT2D eigenvalue weighted by Crippen LogP contribution is -2.36. The van der Waals surface area contributed by atoms with Crippen molar-refractivity contribution in [3.05, 3.63) is 59.3 Å². The summed E-state index contributed by atoms with van der Waals surface area (Å²) in [5.74, 6) is 1.32. The first-order chi connectivity index (χ1) is 12.1. The Morgan fingerprint density at radius 1 is 1.08 bits per heavy atom. The molecule has 2 fully saturated rings. The van der Waals surface area contributed by atoms with Crippen molar-refractivity contribution in [1.82, 2.24) is 9.88 Å². The lowest BCUT2D eigenvalue weighted by Gasteiger charge is -2.24. The monoisotopic (exact) mass is 335 g/mol. The van der Waals surface area contributed by atoms with Crippen LogP contribution in [0, 0.1) is 19.3 Å². The van der Waals surface area contributed by atoms with E-state index in [2.05, 4.69) is 47.1 Å². The number of amides is 1. The fraction of sp³-hybridized carbons (Fsp3) is 0.429. The number of pyridine rings is 1. The number of aryl methyl sites for hydroxylation is 2. The van der Waals surface area contributed by atoms with Gasteiger partial charge in [-0.15, -0.1) is 0 Å². The maximum atomic E-state index is 13.1. The molecule has 1 spiro atoms. The molecule has 0 bridgehead atoms. The van der Waals surface area contributed by atoms with Crippen LogP contribution in [0.4, 0.5) is 5.82 Å². The topological polar surface area (TPSA) is 36.4 Å². The first kappa shape index (κ1) is 16.1. The Labute approximate surface area is 149 Å². The van der Waals surface area contributed by atoms with Crippen LogP contribution < -0.4 is 4.90 Å². The lowest BCUT2D eigenvalue weighted by atomic mass is 9.85. The van der Waals surface area contributed by atoms with Gasteiger partial charge in [-0.2, -0.15) is 0 Å². The van der Waals surface area contributed by atoms with Crippen molar-refractivity contribution in [2.24, 2.45) is 5.41 Å². The van der Waals surface area contributed by atoms with Crippen LogP contribution >= 0.6 is 0 Å². The molecule has 130 valence electrons. The van der Waals surface area contributed by atoms with Gasteiger partial charge in [-0.1, -0.05) is 35.9 Å². The van der Waals surface area contributed by atoms with E-state index < -0.39 is 0 Å². The van der Waals surface area contributed by atoms with E-state index in [9.17, 15) is 4.79 Å². The van der Waals surface area contributed by atoms with Crippen LogP contribution in [0.3, 0.4) is 0 Å². The highest BCUT2D eigenvalue weighted by atomic mass is 16.2. The third-order valence-electron chi connectivity index (χ3n) is 5.61. The molecule has 0 saturated carbocycles. The second-order valence-corrected chi connectivity index (χ2v) is 7.55. The summed E-state index contributed by atoms with van der Waals surface area (Å²) in [6.07, 6.45) is 1.89. The normalized spacial score (nSPS) is 23.0. The molecule has 25 heavy (non-hydrogen) atoms. The quantitative estimate of drug-likeness (QED) is 0.863. The number of anilines is 1. The molecule has 4 rings (SSSR count). The molecule has 2 aromatic rings. The van der Waals surface area contributed by atoms with Gasteiger partial charge in [0, 0.05) is 31.9 Å². The van der Waals surface area contributed by atoms with Crippen molar-refractivity contribution < 1.29 is 4.79 Å². The Kier molecular flexibility index (Phi) is 3.98. The van der Waals surface area contributed by atoms with Crippen LogP contribution in [0.5, 0.6) is 0 Å². The number of rotatable bonds is 3. The number of carbonyl (C=O) groups excluding carboxylic acids is 1. The van der Waals surface area contributed by atoms with Gasteiger partial charge in [0.15, 0.2) is 0 Å². The number of likely N-dealkylation sites (tertiary alicyclic amines) is 1. The van der Waals surface area contributed by atoms with E-state index in [0.717, 1.165) is 50.5 Å². The van der Waals surface area contributed by atoms with Crippen molar-refractivity contribution in [3.63, 3.8) is 0 Å². The largest absolute Gasteiger partial charge is 0.355 e. The Morgan fingerprint density at radius 2 is 1.88 bits per heavy atom. The van der Waals surface area contributed by atoms with Crippen molar-refractivity contribution in [2.75, 3.05) is 24.5 Å². The van der Waals surface area contributed by atoms with Crippen LogP contribution in [0.15, 0.2) is 42.5 Å². The lowest BCUT2D eigenvalue weighted by molar-refractivity contribution is -0.135. The number of hydrogen-bond donors (Lipinski definition) is 0. The molecule has 3 heterocycles. The molecule has 0 radical (unpaired) electrons. The van der Waals surface area contributed by atoms with E-state index in [1.54, 1.807) is 0 Å². The average Bonchev–Trinajstić information content (AvgIpc) is 3.15. The maximum Gasteiger partial charge on any atom is 0.231 e. The fourth-order valence-electron chi connectivity index (χ4n) is 4.23. The van der Waals surface area contributed by atoms with Crippen LogP contribution in [0.2, 0.25) is 0 Å². The standard InChI is InChI=1S/C21H25N3O/c1-16-5-3-7-18(13-16)14-23-11-9-21(20(23)25)10-12-24(15-21)19-8-4-6-17(2)22-19/h3-8,13H,9-12,14-15H2,1-2H3/t21-/m1/s1. The van der Waals surface area contributed by atoms with Crippen LogP contribution in [-0.2, 0) is 11.3 Å². The van der Waals surface area contributed by atoms with E-state index >= 15 is 0 Å². The van der Waals surface area contributed by atoms with E-state index in [1.807, 2.05) is 24.0 Å². The molecule has 4 heteroatoms. The summed E-state index contributed by atoms with van der Waals surface area (Å²) >= 11 is 0. The van der Waals surface area contributed by atoms with Crippen molar-refractivity contribution in [2.45, 2.75) is 33.2 Å². The summed E-state index contributed by atoms with van der Waals surface area (Å²) in [6.45, 7) is 7.42. The van der Waals surface area contributed by atoms with Gasteiger partial charge >= 0.3 is 0 Å². The highest BCUT2D eigenvalue weighted by Gasteiger charge is 2.50. The Balaban J connectivity index is 1.48. The van der Waals surface area contributed by atoms with E-state index in [0.29, 0.717) is 5.91 Å². The molecular weight excluding hydrogens is 310 g/mol. The molecule has 0 N–H and O–H groups in total. The molecule has 1 aromatic carbocycles. The third-order valence-corrected chi connectivity index (χ3v) is 5.61. The Morgan fingerprint density at radius 3 is 2.68 bits per heavy atom. The molecule has 2 aliphatic rings. The molecular formula is C21H25N3O. The molecule has 1 amide bonds. The first-order valence-corrected chi connectivity index (χ1v) is 9.09. The number of nitrogens with zero attached hydrogens (tertiary/aromatic N) is 3. The Hall–Kier alpha value is -2.36. The minimum atomic E-state index is -0.213. The van der Waals surface area contributed by atoms with Gasteiger partial charge in [-0.05, 0) is 44.4 Å². The zero-order chi connectivity index (χ0) is 17.4. The van der Waals surface area contributed by atoms with Gasteiger partial charge in [0.2, 0.25) is 5.91 Å². The number of hydrogen-bond acceptors (Lipinski definition) is 3. The highest BCUT2D eigenvalue weighted by Crippen LogP contribution is 2.42. The van der Waals surface area contributed by atoms with Gasteiger partial charge < -0.3 is 9.80 Å². The van der Waals surface area contributed by atoms with Crippen molar-refractivity contribution in [3.8, 4) is 0 Å². The second-order valence-electron chi connectivity index (χ2n) is 7.55. The van der Waals surface area contributed by atoms with Crippen molar-refractivity contribution in [1.29, 1.82) is 0 Å². The van der Waals surface area contributed by atoms with Crippen LogP contribution in [0.1, 0.15) is 29.7 Å². The predicted octanol–water partition coefficient (Wildman–Crippen LogP) is 3.33. The predicted molar refractivity (Wildman–Crippen MR) is 99.5 cm³/mol. The summed E-state index contributed by atoms with van der Waals surface area (Å²) in [5, 5.41) is 0. The third kappa shape index (κ3) is 3.01. The van der Waals surface area contributed by atoms with Gasteiger partial charge in [0.1, 0.15) is 5.82 Å². The summed E-state index contributed by atoms with van der Waals surface area (Å²) in [4.78, 5) is 22.1. The molecule has 2 saturated heterocycles. The van der Waals surface area contributed by atoms with Crippen LogP contribution in [0.25, 0.3) is 0 Å². The van der Waals surface area contributed by atoms with Gasteiger partial charge in [0.25, 0.3) is 0 Å². The highest BCUT2D eigenvalue weighted by molar-refractivity contribution is 5.86. The Bertz CT molecular complexity index is 803. The molecule has 4 nitrogen and oxygen atoms in total. The van der Waals surface area contributed by atoms with Gasteiger partial charge in [-0.25, -0.2) is 4.98 Å². The van der Waals surface area contributed by atoms with Crippen molar-refractivity contribution >= 4 is 11.7 Å². The summed E-state index contributed by atoms with van der Waals surface area (Å²) in [7, 11) is 0. The molecule has 1 atom stereocenters. The second kappa shape index (κ2) is 6.17. The summed E-state index contributed by atoms with van der Waals surface area (Å²) in [5.41, 5.74) is 3.28. The SMILES string of the molecule is Cc1cccc(CN2CC[C@]3(CCN(c4cccc(C)n4)C3)C2=O)c1. The summed E-state index contributed by atoms with van der Waals surface area (Å²) in [6, 6.07) is 14.6. The smallest absolute Gasteiger partial charge is 0.231 e. The van der Waals surface area contributed by atoms with E-state index in [-0.39, 0.29) is 5.41 Å². The number of benzene rings is 1. The zero-order valence-electron chi connectivity index (χ0n) is 15.0. The molecule has 1 aromatic heterocycles. The zero-order valence-corrected chi connectivity index (χ0v) is 15.0. The maximum absolute atomic E-state index is 13.1. The van der Waals surface area contributed by atoms with Gasteiger partial charge in [0.05, 0.1) is 5.41 Å². The molecule has 0 unspecified atom stereocenters. The summed E-state index contributed by atoms with van der Waals surface area (Å²) < 4.78 is 0. The minimum absolute atomic E-state index is 0.213. The van der Waals surface area contributed by atoms with Crippen LogP contribution in [-0.4, -0.2) is 35.4 Å². The average molecular weight is 335 g/mol. The number of carbonyl (C=O) groups is 1. The minimum Gasteiger partial charge on any atom is -0.355 e. The van der Waals surface area contributed by atoms with E-state index in [1.165, 1.54) is 11.1 Å². The molecule has 0 aliphatic carbocycles.